The first-order valence-electron chi connectivity index (χ1n) is 8.82. The quantitative estimate of drug-likeness (QED) is 0.779. The van der Waals surface area contributed by atoms with Gasteiger partial charge in [-0.3, -0.25) is 14.3 Å². The summed E-state index contributed by atoms with van der Waals surface area (Å²) in [5.74, 6) is -0.279. The van der Waals surface area contributed by atoms with Gasteiger partial charge in [0.05, 0.1) is 22.2 Å². The van der Waals surface area contributed by atoms with E-state index in [0.717, 1.165) is 18.4 Å². The molecule has 0 radical (unpaired) electrons. The van der Waals surface area contributed by atoms with Gasteiger partial charge in [-0.25, -0.2) is 0 Å². The van der Waals surface area contributed by atoms with E-state index in [1.165, 1.54) is 0 Å². The fourth-order valence-corrected chi connectivity index (χ4v) is 3.69. The minimum atomic E-state index is -0.202. The van der Waals surface area contributed by atoms with E-state index in [9.17, 15) is 9.59 Å². The van der Waals surface area contributed by atoms with E-state index >= 15 is 0 Å². The maximum atomic E-state index is 12.8. The monoisotopic (exact) mass is 408 g/mol. The van der Waals surface area contributed by atoms with Crippen LogP contribution in [0.15, 0.2) is 30.6 Å². The molecule has 0 spiro atoms. The maximum Gasteiger partial charge on any atom is 0.253 e. The van der Waals surface area contributed by atoms with Crippen LogP contribution < -0.4 is 0 Å². The van der Waals surface area contributed by atoms with Gasteiger partial charge in [0.2, 0.25) is 5.91 Å². The van der Waals surface area contributed by atoms with Crippen LogP contribution in [0.3, 0.4) is 0 Å². The molecular formula is C19H22Cl2N4O2. The number of carbonyl (C=O) groups is 2. The van der Waals surface area contributed by atoms with E-state index in [4.69, 9.17) is 23.2 Å². The van der Waals surface area contributed by atoms with Crippen LogP contribution in [0.1, 0.15) is 28.8 Å². The molecule has 0 N–H and O–H groups in total. The molecule has 1 fully saturated rings. The summed E-state index contributed by atoms with van der Waals surface area (Å²) in [5, 5.41) is 4.89. The summed E-state index contributed by atoms with van der Waals surface area (Å²) in [4.78, 5) is 29.0. The van der Waals surface area contributed by atoms with E-state index in [0.29, 0.717) is 35.2 Å². The van der Waals surface area contributed by atoms with Crippen molar-refractivity contribution in [1.82, 2.24) is 19.6 Å². The highest BCUT2D eigenvalue weighted by molar-refractivity contribution is 6.42. The lowest BCUT2D eigenvalue weighted by atomic mass is 9.96. The number of carbonyl (C=O) groups excluding carboxylic acids is 2. The summed E-state index contributed by atoms with van der Waals surface area (Å²) < 4.78 is 1.71. The second-order valence-corrected chi connectivity index (χ2v) is 7.75. The second-order valence-electron chi connectivity index (χ2n) is 6.94. The maximum absolute atomic E-state index is 12.8. The van der Waals surface area contributed by atoms with Crippen molar-refractivity contribution in [1.29, 1.82) is 0 Å². The molecule has 0 unspecified atom stereocenters. The number of piperidine rings is 1. The number of nitrogens with zero attached hydrogens (tertiary/aromatic N) is 4. The Hall–Kier alpha value is -2.05. The van der Waals surface area contributed by atoms with Gasteiger partial charge in [-0.1, -0.05) is 23.2 Å². The average molecular weight is 409 g/mol. The summed E-state index contributed by atoms with van der Waals surface area (Å²) in [6, 6.07) is 4.86. The molecule has 2 heterocycles. The van der Waals surface area contributed by atoms with Gasteiger partial charge in [0, 0.05) is 51.1 Å². The van der Waals surface area contributed by atoms with Gasteiger partial charge < -0.3 is 9.80 Å². The molecular weight excluding hydrogens is 387 g/mol. The summed E-state index contributed by atoms with van der Waals surface area (Å²) in [5.41, 5.74) is 1.47. The molecule has 1 saturated heterocycles. The average Bonchev–Trinajstić information content (AvgIpc) is 3.07. The number of halogens is 2. The van der Waals surface area contributed by atoms with Crippen LogP contribution in [0.2, 0.25) is 10.0 Å². The predicted octanol–water partition coefficient (Wildman–Crippen LogP) is 3.24. The molecule has 2 amide bonds. The van der Waals surface area contributed by atoms with Gasteiger partial charge in [0.1, 0.15) is 0 Å². The van der Waals surface area contributed by atoms with E-state index < -0.39 is 0 Å². The van der Waals surface area contributed by atoms with Crippen LogP contribution in [0, 0.1) is 5.92 Å². The predicted molar refractivity (Wildman–Crippen MR) is 105 cm³/mol. The molecule has 0 saturated carbocycles. The Balaban J connectivity index is 1.64. The van der Waals surface area contributed by atoms with Crippen LogP contribution in [-0.4, -0.2) is 51.5 Å². The molecule has 2 aromatic rings. The molecule has 0 aliphatic carbocycles. The third-order valence-corrected chi connectivity index (χ3v) is 5.52. The fourth-order valence-electron chi connectivity index (χ4n) is 3.39. The van der Waals surface area contributed by atoms with Gasteiger partial charge in [-0.05, 0) is 31.0 Å². The Morgan fingerprint density at radius 2 is 2.07 bits per heavy atom. The number of benzene rings is 1. The zero-order valence-corrected chi connectivity index (χ0v) is 16.9. The SMILES string of the molecule is CN(Cc1cnn(C)c1)C(=O)[C@H]1CCCN(C(=O)c2ccc(Cl)c(Cl)c2)C1. The highest BCUT2D eigenvalue weighted by Crippen LogP contribution is 2.25. The van der Waals surface area contributed by atoms with Gasteiger partial charge in [0.25, 0.3) is 5.91 Å². The van der Waals surface area contributed by atoms with Crippen LogP contribution in [-0.2, 0) is 18.4 Å². The van der Waals surface area contributed by atoms with Crippen molar-refractivity contribution in [3.05, 3.63) is 51.8 Å². The van der Waals surface area contributed by atoms with E-state index in [1.807, 2.05) is 13.2 Å². The molecule has 0 bridgehead atoms. The lowest BCUT2D eigenvalue weighted by Crippen LogP contribution is -2.45. The molecule has 144 valence electrons. The first-order chi connectivity index (χ1) is 12.8. The number of likely N-dealkylation sites (tertiary alicyclic amines) is 1. The van der Waals surface area contributed by atoms with Gasteiger partial charge in [-0.15, -0.1) is 0 Å². The van der Waals surface area contributed by atoms with E-state index in [2.05, 4.69) is 5.10 Å². The number of rotatable bonds is 4. The molecule has 1 aliphatic heterocycles. The van der Waals surface area contributed by atoms with Crippen molar-refractivity contribution in [3.63, 3.8) is 0 Å². The first-order valence-corrected chi connectivity index (χ1v) is 9.57. The Kier molecular flexibility index (Phi) is 6.07. The number of hydrogen-bond acceptors (Lipinski definition) is 3. The zero-order valence-electron chi connectivity index (χ0n) is 15.4. The molecule has 6 nitrogen and oxygen atoms in total. The summed E-state index contributed by atoms with van der Waals surface area (Å²) in [6.07, 6.45) is 5.22. The Labute approximate surface area is 168 Å². The van der Waals surface area contributed by atoms with Crippen molar-refractivity contribution in [3.8, 4) is 0 Å². The molecule has 1 aliphatic rings. The largest absolute Gasteiger partial charge is 0.341 e. The Morgan fingerprint density at radius 3 is 2.74 bits per heavy atom. The van der Waals surface area contributed by atoms with Crippen molar-refractivity contribution >= 4 is 35.0 Å². The smallest absolute Gasteiger partial charge is 0.253 e. The van der Waals surface area contributed by atoms with E-state index in [-0.39, 0.29) is 17.7 Å². The molecule has 1 aromatic heterocycles. The van der Waals surface area contributed by atoms with Gasteiger partial charge in [0.15, 0.2) is 0 Å². The third-order valence-electron chi connectivity index (χ3n) is 4.78. The van der Waals surface area contributed by atoms with Crippen LogP contribution in [0.5, 0.6) is 0 Å². The van der Waals surface area contributed by atoms with Crippen molar-refractivity contribution < 1.29 is 9.59 Å². The number of amides is 2. The number of hydrogen-bond donors (Lipinski definition) is 0. The van der Waals surface area contributed by atoms with Crippen LogP contribution >= 0.6 is 23.2 Å². The number of aryl methyl sites for hydroxylation is 1. The van der Waals surface area contributed by atoms with Crippen LogP contribution in [0.25, 0.3) is 0 Å². The van der Waals surface area contributed by atoms with Gasteiger partial charge >= 0.3 is 0 Å². The summed E-state index contributed by atoms with van der Waals surface area (Å²) >= 11 is 12.0. The standard InChI is InChI=1S/C19H22Cl2N4O2/c1-23(10-13-9-22-24(2)11-13)18(26)15-4-3-7-25(12-15)19(27)14-5-6-16(20)17(21)8-14/h5-6,8-9,11,15H,3-4,7,10,12H2,1-2H3/t15-/m0/s1. The highest BCUT2D eigenvalue weighted by atomic mass is 35.5. The minimum absolute atomic E-state index is 0.0468. The second kappa shape index (κ2) is 8.31. The topological polar surface area (TPSA) is 58.4 Å². The first kappa shape index (κ1) is 19.7. The minimum Gasteiger partial charge on any atom is -0.341 e. The molecule has 1 atom stereocenters. The fraction of sp³-hybridized carbons (Fsp3) is 0.421. The lowest BCUT2D eigenvalue weighted by Gasteiger charge is -2.34. The zero-order chi connectivity index (χ0) is 19.6. The van der Waals surface area contributed by atoms with Crippen molar-refractivity contribution in [2.24, 2.45) is 13.0 Å². The van der Waals surface area contributed by atoms with Crippen molar-refractivity contribution in [2.75, 3.05) is 20.1 Å². The van der Waals surface area contributed by atoms with E-state index in [1.54, 1.807) is 45.9 Å². The van der Waals surface area contributed by atoms with Gasteiger partial charge in [-0.2, -0.15) is 5.10 Å². The summed E-state index contributed by atoms with van der Waals surface area (Å²) in [6.45, 7) is 1.55. The van der Waals surface area contributed by atoms with Crippen LogP contribution in [0.4, 0.5) is 0 Å². The molecule has 3 rings (SSSR count). The Morgan fingerprint density at radius 1 is 1.30 bits per heavy atom. The highest BCUT2D eigenvalue weighted by Gasteiger charge is 2.30. The third kappa shape index (κ3) is 4.62. The molecule has 1 aromatic carbocycles. The molecule has 27 heavy (non-hydrogen) atoms. The lowest BCUT2D eigenvalue weighted by molar-refractivity contribution is -0.136. The summed E-state index contributed by atoms with van der Waals surface area (Å²) in [7, 11) is 3.63. The van der Waals surface area contributed by atoms with Crippen molar-refractivity contribution in [2.45, 2.75) is 19.4 Å². The Bertz CT molecular complexity index is 852. The molecule has 8 heteroatoms. The normalized spacial score (nSPS) is 17.0. The number of aromatic nitrogens is 2.